The van der Waals surface area contributed by atoms with Gasteiger partial charge in [-0.2, -0.15) is 0 Å². The third kappa shape index (κ3) is 7.97. The third-order valence-electron chi connectivity index (χ3n) is 3.71. The SMILES string of the molecule is CCCCCCNC(N)=NCC1CCCN1CC.I. The fraction of sp³-hybridized carbons (Fsp3) is 0.929. The van der Waals surface area contributed by atoms with Crippen molar-refractivity contribution >= 4 is 29.9 Å². The zero-order chi connectivity index (χ0) is 13.2. The number of likely N-dealkylation sites (tertiary alicyclic amines) is 1. The monoisotopic (exact) mass is 382 g/mol. The van der Waals surface area contributed by atoms with Gasteiger partial charge in [0.2, 0.25) is 0 Å². The summed E-state index contributed by atoms with van der Waals surface area (Å²) in [7, 11) is 0. The van der Waals surface area contributed by atoms with Crippen LogP contribution in [-0.2, 0) is 0 Å². The number of nitrogens with one attached hydrogen (secondary N) is 1. The van der Waals surface area contributed by atoms with Crippen LogP contribution >= 0.6 is 24.0 Å². The van der Waals surface area contributed by atoms with E-state index in [4.69, 9.17) is 5.73 Å². The number of aliphatic imine (C=N–C) groups is 1. The van der Waals surface area contributed by atoms with Gasteiger partial charge >= 0.3 is 0 Å². The molecule has 1 fully saturated rings. The van der Waals surface area contributed by atoms with Gasteiger partial charge in [-0.25, -0.2) is 0 Å². The van der Waals surface area contributed by atoms with E-state index in [1.807, 2.05) is 0 Å². The van der Waals surface area contributed by atoms with Crippen LogP contribution in [0, 0.1) is 0 Å². The van der Waals surface area contributed by atoms with Crippen LogP contribution in [0.15, 0.2) is 4.99 Å². The van der Waals surface area contributed by atoms with Crippen molar-refractivity contribution in [3.8, 4) is 0 Å². The average Bonchev–Trinajstić information content (AvgIpc) is 2.83. The van der Waals surface area contributed by atoms with Crippen molar-refractivity contribution in [3.05, 3.63) is 0 Å². The summed E-state index contributed by atoms with van der Waals surface area (Å²) in [5.41, 5.74) is 5.87. The second kappa shape index (κ2) is 11.8. The van der Waals surface area contributed by atoms with Crippen LogP contribution < -0.4 is 11.1 Å². The highest BCUT2D eigenvalue weighted by molar-refractivity contribution is 14.0. The summed E-state index contributed by atoms with van der Waals surface area (Å²) < 4.78 is 0. The molecule has 1 heterocycles. The molecule has 0 bridgehead atoms. The van der Waals surface area contributed by atoms with E-state index in [1.165, 1.54) is 45.1 Å². The zero-order valence-electron chi connectivity index (χ0n) is 12.5. The second-order valence-corrected chi connectivity index (χ2v) is 5.14. The van der Waals surface area contributed by atoms with Gasteiger partial charge in [0.25, 0.3) is 0 Å². The molecule has 1 atom stereocenters. The zero-order valence-corrected chi connectivity index (χ0v) is 14.9. The number of likely N-dealkylation sites (N-methyl/N-ethyl adjacent to an activating group) is 1. The van der Waals surface area contributed by atoms with Crippen LogP contribution in [0.2, 0.25) is 0 Å². The summed E-state index contributed by atoms with van der Waals surface area (Å²) in [5.74, 6) is 0.620. The summed E-state index contributed by atoms with van der Waals surface area (Å²) in [4.78, 5) is 6.96. The molecule has 1 unspecified atom stereocenters. The first-order chi connectivity index (χ1) is 8.77. The molecule has 1 saturated heterocycles. The van der Waals surface area contributed by atoms with E-state index in [1.54, 1.807) is 0 Å². The number of guanidine groups is 1. The van der Waals surface area contributed by atoms with Crippen LogP contribution in [-0.4, -0.2) is 43.1 Å². The highest BCUT2D eigenvalue weighted by Gasteiger charge is 2.22. The van der Waals surface area contributed by atoms with E-state index in [0.717, 1.165) is 19.6 Å². The number of nitrogens with two attached hydrogens (primary N) is 1. The summed E-state index contributed by atoms with van der Waals surface area (Å²) in [6.07, 6.45) is 7.63. The fourth-order valence-corrected chi connectivity index (χ4v) is 2.55. The lowest BCUT2D eigenvalue weighted by Gasteiger charge is -2.20. The second-order valence-electron chi connectivity index (χ2n) is 5.14. The number of rotatable bonds is 8. The maximum atomic E-state index is 5.87. The molecule has 0 spiro atoms. The first-order valence-electron chi connectivity index (χ1n) is 7.55. The molecule has 114 valence electrons. The number of hydrogen-bond acceptors (Lipinski definition) is 2. The molecule has 0 amide bonds. The van der Waals surface area contributed by atoms with Crippen molar-refractivity contribution in [1.29, 1.82) is 0 Å². The lowest BCUT2D eigenvalue weighted by Crippen LogP contribution is -2.36. The quantitative estimate of drug-likeness (QED) is 0.294. The molecule has 0 radical (unpaired) electrons. The lowest BCUT2D eigenvalue weighted by molar-refractivity contribution is 0.273. The molecule has 0 aromatic rings. The van der Waals surface area contributed by atoms with E-state index in [-0.39, 0.29) is 24.0 Å². The molecule has 19 heavy (non-hydrogen) atoms. The van der Waals surface area contributed by atoms with Gasteiger partial charge in [0.05, 0.1) is 6.54 Å². The smallest absolute Gasteiger partial charge is 0.188 e. The van der Waals surface area contributed by atoms with Gasteiger partial charge in [0, 0.05) is 12.6 Å². The van der Waals surface area contributed by atoms with Crippen LogP contribution in [0.1, 0.15) is 52.4 Å². The Morgan fingerprint density at radius 1 is 1.32 bits per heavy atom. The minimum absolute atomic E-state index is 0. The van der Waals surface area contributed by atoms with Crippen molar-refractivity contribution in [2.75, 3.05) is 26.2 Å². The molecule has 0 saturated carbocycles. The molecule has 1 aliphatic heterocycles. The Hall–Kier alpha value is -0.0400. The van der Waals surface area contributed by atoms with Crippen molar-refractivity contribution in [3.63, 3.8) is 0 Å². The highest BCUT2D eigenvalue weighted by Crippen LogP contribution is 2.16. The van der Waals surface area contributed by atoms with Crippen LogP contribution in [0.5, 0.6) is 0 Å². The summed E-state index contributed by atoms with van der Waals surface area (Å²) in [6, 6.07) is 0.607. The molecule has 3 N–H and O–H groups in total. The molecule has 0 aromatic carbocycles. The summed E-state index contributed by atoms with van der Waals surface area (Å²) in [5, 5.41) is 3.21. The molecule has 1 aliphatic rings. The molecular formula is C14H31IN4. The van der Waals surface area contributed by atoms with E-state index in [2.05, 4.69) is 29.1 Å². The van der Waals surface area contributed by atoms with E-state index in [0.29, 0.717) is 12.0 Å². The predicted octanol–water partition coefficient (Wildman–Crippen LogP) is 2.57. The first-order valence-corrected chi connectivity index (χ1v) is 7.55. The standard InChI is InChI=1S/C14H30N4.HI/c1-3-5-6-7-10-16-14(15)17-12-13-9-8-11-18(13)4-2;/h13H,3-12H2,1-2H3,(H3,15,16,17);1H. The molecule has 5 heteroatoms. The predicted molar refractivity (Wildman–Crippen MR) is 94.3 cm³/mol. The van der Waals surface area contributed by atoms with Crippen molar-refractivity contribution < 1.29 is 0 Å². The first kappa shape index (κ1) is 19.0. The van der Waals surface area contributed by atoms with Gasteiger partial charge in [0.1, 0.15) is 0 Å². The minimum Gasteiger partial charge on any atom is -0.370 e. The van der Waals surface area contributed by atoms with Gasteiger partial charge in [-0.1, -0.05) is 33.1 Å². The minimum atomic E-state index is 0. The number of hydrogen-bond donors (Lipinski definition) is 2. The van der Waals surface area contributed by atoms with Crippen LogP contribution in [0.4, 0.5) is 0 Å². The maximum absolute atomic E-state index is 5.87. The van der Waals surface area contributed by atoms with E-state index < -0.39 is 0 Å². The maximum Gasteiger partial charge on any atom is 0.188 e. The topological polar surface area (TPSA) is 53.6 Å². The Kier molecular flexibility index (Phi) is 11.7. The Morgan fingerprint density at radius 3 is 2.79 bits per heavy atom. The molecule has 0 aromatic heterocycles. The van der Waals surface area contributed by atoms with E-state index >= 15 is 0 Å². The average molecular weight is 382 g/mol. The van der Waals surface area contributed by atoms with Gasteiger partial charge in [0.15, 0.2) is 5.96 Å². The Bertz CT molecular complexity index is 246. The number of halogens is 1. The van der Waals surface area contributed by atoms with Gasteiger partial charge < -0.3 is 11.1 Å². The fourth-order valence-electron chi connectivity index (χ4n) is 2.55. The number of unbranched alkanes of at least 4 members (excludes halogenated alkanes) is 3. The molecular weight excluding hydrogens is 351 g/mol. The normalized spacial score (nSPS) is 20.3. The van der Waals surface area contributed by atoms with E-state index in [9.17, 15) is 0 Å². The van der Waals surface area contributed by atoms with Crippen molar-refractivity contribution in [1.82, 2.24) is 10.2 Å². The van der Waals surface area contributed by atoms with Crippen molar-refractivity contribution in [2.45, 2.75) is 58.4 Å². The molecule has 4 nitrogen and oxygen atoms in total. The van der Waals surface area contributed by atoms with Gasteiger partial charge in [-0.3, -0.25) is 9.89 Å². The third-order valence-corrected chi connectivity index (χ3v) is 3.71. The highest BCUT2D eigenvalue weighted by atomic mass is 127. The Balaban J connectivity index is 0.00000324. The van der Waals surface area contributed by atoms with Crippen LogP contribution in [0.3, 0.4) is 0 Å². The van der Waals surface area contributed by atoms with Gasteiger partial charge in [-0.15, -0.1) is 24.0 Å². The number of nitrogens with zero attached hydrogens (tertiary/aromatic N) is 2. The Morgan fingerprint density at radius 2 is 2.11 bits per heavy atom. The van der Waals surface area contributed by atoms with Crippen molar-refractivity contribution in [2.24, 2.45) is 10.7 Å². The molecule has 0 aliphatic carbocycles. The Labute approximate surface area is 135 Å². The largest absolute Gasteiger partial charge is 0.370 e. The van der Waals surface area contributed by atoms with Gasteiger partial charge in [-0.05, 0) is 32.4 Å². The summed E-state index contributed by atoms with van der Waals surface area (Å²) in [6.45, 7) is 8.60. The molecule has 1 rings (SSSR count). The lowest BCUT2D eigenvalue weighted by atomic mass is 10.2. The van der Waals surface area contributed by atoms with Crippen LogP contribution in [0.25, 0.3) is 0 Å². The summed E-state index contributed by atoms with van der Waals surface area (Å²) >= 11 is 0.